The minimum atomic E-state index is -0.468. The number of aliphatic hydroxyl groups is 1. The van der Waals surface area contributed by atoms with Crippen molar-refractivity contribution in [1.82, 2.24) is 4.90 Å². The number of nitriles is 1. The molecule has 2 atom stereocenters. The van der Waals surface area contributed by atoms with Gasteiger partial charge in [-0.2, -0.15) is 5.26 Å². The van der Waals surface area contributed by atoms with Crippen molar-refractivity contribution in [3.63, 3.8) is 0 Å². The molecule has 1 heterocycles. The summed E-state index contributed by atoms with van der Waals surface area (Å²) in [5.74, 6) is -0.148. The number of hydrogen-bond donors (Lipinski definition) is 1. The molecule has 1 aliphatic heterocycles. The van der Waals surface area contributed by atoms with Gasteiger partial charge in [0.2, 0.25) is 0 Å². The zero-order valence-corrected chi connectivity index (χ0v) is 10.4. The molecule has 1 aromatic carbocycles. The van der Waals surface area contributed by atoms with Crippen molar-refractivity contribution >= 4 is 0 Å². The Morgan fingerprint density at radius 1 is 1.61 bits per heavy atom. The van der Waals surface area contributed by atoms with E-state index in [1.165, 1.54) is 6.07 Å². The summed E-state index contributed by atoms with van der Waals surface area (Å²) in [7, 11) is 0. The molecule has 0 amide bonds. The van der Waals surface area contributed by atoms with Crippen LogP contribution in [0.25, 0.3) is 0 Å². The largest absolute Gasteiger partial charge is 0.393 e. The Hall–Kier alpha value is -1.44. The number of halogens is 1. The highest BCUT2D eigenvalue weighted by Crippen LogP contribution is 2.22. The summed E-state index contributed by atoms with van der Waals surface area (Å²) in [5, 5.41) is 18.3. The molecule has 0 spiro atoms. The van der Waals surface area contributed by atoms with Gasteiger partial charge in [-0.15, -0.1) is 0 Å². The lowest BCUT2D eigenvalue weighted by molar-refractivity contribution is 0.127. The van der Waals surface area contributed by atoms with E-state index in [4.69, 9.17) is 5.26 Å². The van der Waals surface area contributed by atoms with Gasteiger partial charge in [-0.05, 0) is 43.5 Å². The Bertz CT molecular complexity index is 467. The molecule has 0 aliphatic carbocycles. The smallest absolute Gasteiger partial charge is 0.140 e. The average Bonchev–Trinajstić information content (AvgIpc) is 2.80. The van der Waals surface area contributed by atoms with E-state index in [1.807, 2.05) is 13.0 Å². The fourth-order valence-electron chi connectivity index (χ4n) is 2.41. The average molecular weight is 248 g/mol. The maximum Gasteiger partial charge on any atom is 0.140 e. The Morgan fingerprint density at radius 3 is 3.00 bits per heavy atom. The Balaban J connectivity index is 2.01. The number of hydrogen-bond acceptors (Lipinski definition) is 3. The molecule has 0 aromatic heterocycles. The van der Waals surface area contributed by atoms with Crippen molar-refractivity contribution in [1.29, 1.82) is 5.26 Å². The van der Waals surface area contributed by atoms with Crippen molar-refractivity contribution in [3.05, 3.63) is 35.1 Å². The van der Waals surface area contributed by atoms with Gasteiger partial charge in [0, 0.05) is 13.1 Å². The predicted molar refractivity (Wildman–Crippen MR) is 66.2 cm³/mol. The van der Waals surface area contributed by atoms with Gasteiger partial charge in [0.15, 0.2) is 0 Å². The van der Waals surface area contributed by atoms with Crippen LogP contribution in [-0.2, 0) is 6.54 Å². The molecule has 1 fully saturated rings. The second-order valence-corrected chi connectivity index (χ2v) is 4.95. The van der Waals surface area contributed by atoms with Crippen LogP contribution in [0.4, 0.5) is 4.39 Å². The molecule has 96 valence electrons. The third kappa shape index (κ3) is 2.87. The molecule has 2 unspecified atom stereocenters. The molecule has 1 N–H and O–H groups in total. The maximum atomic E-state index is 13.2. The lowest BCUT2D eigenvalue weighted by Crippen LogP contribution is -2.24. The Labute approximate surface area is 106 Å². The molecule has 1 saturated heterocycles. The number of likely N-dealkylation sites (tertiary alicyclic amines) is 1. The maximum absolute atomic E-state index is 13.2. The first-order valence-electron chi connectivity index (χ1n) is 6.19. The third-order valence-electron chi connectivity index (χ3n) is 3.55. The van der Waals surface area contributed by atoms with Crippen molar-refractivity contribution in [2.24, 2.45) is 5.92 Å². The minimum absolute atomic E-state index is 0.0961. The number of rotatable bonds is 3. The van der Waals surface area contributed by atoms with Gasteiger partial charge in [-0.25, -0.2) is 4.39 Å². The van der Waals surface area contributed by atoms with Crippen LogP contribution >= 0.6 is 0 Å². The van der Waals surface area contributed by atoms with Crippen molar-refractivity contribution in [2.45, 2.75) is 26.0 Å². The molecule has 18 heavy (non-hydrogen) atoms. The van der Waals surface area contributed by atoms with Crippen LogP contribution < -0.4 is 0 Å². The van der Waals surface area contributed by atoms with Crippen LogP contribution in [0.2, 0.25) is 0 Å². The molecule has 0 radical (unpaired) electrons. The van der Waals surface area contributed by atoms with Crippen LogP contribution in [0.3, 0.4) is 0 Å². The van der Waals surface area contributed by atoms with E-state index in [0.717, 1.165) is 25.1 Å². The van der Waals surface area contributed by atoms with Crippen LogP contribution in [0, 0.1) is 23.1 Å². The summed E-state index contributed by atoms with van der Waals surface area (Å²) in [6.07, 6.45) is 0.710. The predicted octanol–water partition coefficient (Wildman–Crippen LogP) is 1.90. The fourth-order valence-corrected chi connectivity index (χ4v) is 2.41. The summed E-state index contributed by atoms with van der Waals surface area (Å²) in [5.41, 5.74) is 1.04. The third-order valence-corrected chi connectivity index (χ3v) is 3.55. The summed E-state index contributed by atoms with van der Waals surface area (Å²) < 4.78 is 13.2. The normalized spacial score (nSPS) is 21.8. The standard InChI is InChI=1S/C14H17FN2O/c1-10(18)12-4-5-17(9-12)8-11-2-3-14(15)13(6-11)7-16/h2-3,6,10,12,18H,4-5,8-9H2,1H3. The monoisotopic (exact) mass is 248 g/mol. The first-order chi connectivity index (χ1) is 8.60. The van der Waals surface area contributed by atoms with E-state index < -0.39 is 5.82 Å². The van der Waals surface area contributed by atoms with E-state index in [2.05, 4.69) is 4.90 Å². The van der Waals surface area contributed by atoms with Gasteiger partial charge in [-0.1, -0.05) is 6.07 Å². The highest BCUT2D eigenvalue weighted by atomic mass is 19.1. The second kappa shape index (κ2) is 5.47. The molecule has 1 aromatic rings. The minimum Gasteiger partial charge on any atom is -0.393 e. The summed E-state index contributed by atoms with van der Waals surface area (Å²) >= 11 is 0. The van der Waals surface area contributed by atoms with E-state index in [-0.39, 0.29) is 11.7 Å². The zero-order chi connectivity index (χ0) is 13.1. The zero-order valence-electron chi connectivity index (χ0n) is 10.4. The highest BCUT2D eigenvalue weighted by Gasteiger charge is 2.25. The fraction of sp³-hybridized carbons (Fsp3) is 0.500. The SMILES string of the molecule is CC(O)C1CCN(Cc2ccc(F)c(C#N)c2)C1. The lowest BCUT2D eigenvalue weighted by atomic mass is 10.0. The molecule has 0 saturated carbocycles. The van der Waals surface area contributed by atoms with E-state index >= 15 is 0 Å². The number of nitrogens with zero attached hydrogens (tertiary/aromatic N) is 2. The van der Waals surface area contributed by atoms with Crippen LogP contribution in [0.5, 0.6) is 0 Å². The van der Waals surface area contributed by atoms with Gasteiger partial charge in [0.05, 0.1) is 11.7 Å². The first-order valence-corrected chi connectivity index (χ1v) is 6.19. The van der Waals surface area contributed by atoms with Crippen molar-refractivity contribution < 1.29 is 9.50 Å². The van der Waals surface area contributed by atoms with Crippen LogP contribution in [0.1, 0.15) is 24.5 Å². The topological polar surface area (TPSA) is 47.3 Å². The van der Waals surface area contributed by atoms with E-state index in [0.29, 0.717) is 12.5 Å². The molecule has 4 heteroatoms. The lowest BCUT2D eigenvalue weighted by Gasteiger charge is -2.17. The molecule has 3 nitrogen and oxygen atoms in total. The first kappa shape index (κ1) is 13.0. The van der Waals surface area contributed by atoms with Gasteiger partial charge in [0.1, 0.15) is 11.9 Å². The van der Waals surface area contributed by atoms with E-state index in [1.54, 1.807) is 12.1 Å². The molecule has 0 bridgehead atoms. The second-order valence-electron chi connectivity index (χ2n) is 4.95. The van der Waals surface area contributed by atoms with Gasteiger partial charge < -0.3 is 5.11 Å². The molecule has 1 aliphatic rings. The molecule has 2 rings (SSSR count). The number of benzene rings is 1. The van der Waals surface area contributed by atoms with Crippen molar-refractivity contribution in [2.75, 3.05) is 13.1 Å². The van der Waals surface area contributed by atoms with Crippen molar-refractivity contribution in [3.8, 4) is 6.07 Å². The highest BCUT2D eigenvalue weighted by molar-refractivity contribution is 5.34. The van der Waals surface area contributed by atoms with E-state index in [9.17, 15) is 9.50 Å². The molecular formula is C14H17FN2O. The Kier molecular flexibility index (Phi) is 3.95. The van der Waals surface area contributed by atoms with Gasteiger partial charge in [-0.3, -0.25) is 4.90 Å². The van der Waals surface area contributed by atoms with Crippen LogP contribution in [-0.4, -0.2) is 29.2 Å². The number of aliphatic hydroxyl groups excluding tert-OH is 1. The quantitative estimate of drug-likeness (QED) is 0.888. The van der Waals surface area contributed by atoms with Gasteiger partial charge >= 0.3 is 0 Å². The summed E-state index contributed by atoms with van der Waals surface area (Å²) in [4.78, 5) is 2.23. The molecular weight excluding hydrogens is 231 g/mol. The van der Waals surface area contributed by atoms with Gasteiger partial charge in [0.25, 0.3) is 0 Å². The van der Waals surface area contributed by atoms with Crippen LogP contribution in [0.15, 0.2) is 18.2 Å². The summed E-state index contributed by atoms with van der Waals surface area (Å²) in [6.45, 7) is 4.32. The Morgan fingerprint density at radius 2 is 2.39 bits per heavy atom. The summed E-state index contributed by atoms with van der Waals surface area (Å²) in [6, 6.07) is 6.51.